The molecule has 1 saturated carbocycles. The molecule has 5 nitrogen and oxygen atoms in total. The van der Waals surface area contributed by atoms with Crippen LogP contribution in [0.2, 0.25) is 0 Å². The first kappa shape index (κ1) is 20.2. The molecule has 1 aromatic rings. The fraction of sp³-hybridized carbons (Fsp3) is 0.682. The van der Waals surface area contributed by atoms with Crippen LogP contribution in [0.25, 0.3) is 0 Å². The van der Waals surface area contributed by atoms with Gasteiger partial charge in [0.25, 0.3) is 0 Å². The molecule has 0 bridgehead atoms. The van der Waals surface area contributed by atoms with E-state index < -0.39 is 18.4 Å². The van der Waals surface area contributed by atoms with Crippen molar-refractivity contribution >= 4 is 5.91 Å². The van der Waals surface area contributed by atoms with E-state index in [0.29, 0.717) is 24.7 Å². The predicted octanol–water partition coefficient (Wildman–Crippen LogP) is 3.44. The summed E-state index contributed by atoms with van der Waals surface area (Å²) in [5.41, 5.74) is 1.04. The molecule has 1 heterocycles. The Hall–Kier alpha value is -1.59. The van der Waals surface area contributed by atoms with Gasteiger partial charge in [-0.3, -0.25) is 4.79 Å². The van der Waals surface area contributed by atoms with Crippen molar-refractivity contribution in [2.75, 3.05) is 6.61 Å². The average molecular weight is 376 g/mol. The van der Waals surface area contributed by atoms with Crippen LogP contribution in [0.15, 0.2) is 24.3 Å². The first-order valence-electron chi connectivity index (χ1n) is 10.4. The lowest BCUT2D eigenvalue weighted by atomic mass is 9.90. The van der Waals surface area contributed by atoms with Crippen molar-refractivity contribution in [3.05, 3.63) is 29.8 Å². The third kappa shape index (κ3) is 5.94. The molecule has 150 valence electrons. The van der Waals surface area contributed by atoms with Crippen LogP contribution in [0.1, 0.15) is 57.9 Å². The monoisotopic (exact) mass is 375 g/mol. The average Bonchev–Trinajstić information content (AvgIpc) is 2.65. The Labute approximate surface area is 162 Å². The largest absolute Gasteiger partial charge is 0.493 e. The summed E-state index contributed by atoms with van der Waals surface area (Å²) in [7, 11) is 0. The van der Waals surface area contributed by atoms with Crippen molar-refractivity contribution in [1.29, 1.82) is 0 Å². The second-order valence-electron chi connectivity index (χ2n) is 8.42. The Morgan fingerprint density at radius 2 is 1.89 bits per heavy atom. The van der Waals surface area contributed by atoms with Gasteiger partial charge in [0.1, 0.15) is 11.9 Å². The lowest BCUT2D eigenvalue weighted by Gasteiger charge is -2.34. The van der Waals surface area contributed by atoms with Crippen molar-refractivity contribution in [2.45, 2.75) is 77.2 Å². The normalized spacial score (nSPS) is 26.8. The van der Waals surface area contributed by atoms with Crippen LogP contribution in [0.4, 0.5) is 0 Å². The van der Waals surface area contributed by atoms with Gasteiger partial charge in [0.2, 0.25) is 5.91 Å². The van der Waals surface area contributed by atoms with Crippen LogP contribution in [0, 0.1) is 11.8 Å². The fourth-order valence-corrected chi connectivity index (χ4v) is 3.96. The van der Waals surface area contributed by atoms with Gasteiger partial charge in [0, 0.05) is 0 Å². The fourth-order valence-electron chi connectivity index (χ4n) is 3.96. The molecule has 1 saturated heterocycles. The molecule has 0 spiro atoms. The van der Waals surface area contributed by atoms with Crippen molar-refractivity contribution < 1.29 is 19.4 Å². The number of amides is 1. The number of morpholine rings is 1. The molecule has 1 aromatic carbocycles. The number of aliphatic hydroxyl groups excluding tert-OH is 1. The Kier molecular flexibility index (Phi) is 7.13. The second kappa shape index (κ2) is 9.56. The summed E-state index contributed by atoms with van der Waals surface area (Å²) in [5.74, 6) is 1.77. The number of ether oxygens (including phenoxy) is 2. The molecule has 3 atom stereocenters. The van der Waals surface area contributed by atoms with Crippen molar-refractivity contribution in [3.8, 4) is 5.75 Å². The smallest absolute Gasteiger partial charge is 0.249 e. The molecule has 1 aliphatic heterocycles. The van der Waals surface area contributed by atoms with Crippen LogP contribution in [-0.2, 0) is 16.0 Å². The third-order valence-corrected chi connectivity index (χ3v) is 5.54. The number of carbonyl (C=O) groups is 1. The first-order valence-corrected chi connectivity index (χ1v) is 10.4. The first-order chi connectivity index (χ1) is 13.0. The summed E-state index contributed by atoms with van der Waals surface area (Å²) in [6.07, 6.45) is 6.15. The molecule has 1 aliphatic carbocycles. The molecule has 2 N–H and O–H groups in total. The summed E-state index contributed by atoms with van der Waals surface area (Å²) >= 11 is 0. The van der Waals surface area contributed by atoms with Gasteiger partial charge in [-0.25, -0.2) is 0 Å². The van der Waals surface area contributed by atoms with E-state index in [0.717, 1.165) is 17.9 Å². The van der Waals surface area contributed by atoms with Gasteiger partial charge < -0.3 is 19.9 Å². The summed E-state index contributed by atoms with van der Waals surface area (Å²) < 4.78 is 11.5. The van der Waals surface area contributed by atoms with Gasteiger partial charge in [0.05, 0.1) is 12.6 Å². The van der Waals surface area contributed by atoms with E-state index in [1.165, 1.54) is 32.1 Å². The van der Waals surface area contributed by atoms with Gasteiger partial charge in [-0.05, 0) is 55.2 Å². The molecule has 1 unspecified atom stereocenters. The van der Waals surface area contributed by atoms with Gasteiger partial charge in [-0.2, -0.15) is 0 Å². The molecule has 2 fully saturated rings. The molecular formula is C22H33NO4. The molecule has 27 heavy (non-hydrogen) atoms. The predicted molar refractivity (Wildman–Crippen MR) is 104 cm³/mol. The Bertz CT molecular complexity index is 595. The number of rotatable bonds is 7. The highest BCUT2D eigenvalue weighted by Crippen LogP contribution is 2.25. The van der Waals surface area contributed by atoms with Crippen LogP contribution in [-0.4, -0.2) is 36.1 Å². The summed E-state index contributed by atoms with van der Waals surface area (Å²) in [4.78, 5) is 12.2. The van der Waals surface area contributed by atoms with Gasteiger partial charge >= 0.3 is 0 Å². The molecule has 5 heteroatoms. The van der Waals surface area contributed by atoms with E-state index in [1.54, 1.807) is 0 Å². The minimum Gasteiger partial charge on any atom is -0.493 e. The van der Waals surface area contributed by atoms with Crippen LogP contribution in [0.3, 0.4) is 0 Å². The van der Waals surface area contributed by atoms with Crippen LogP contribution in [0.5, 0.6) is 5.75 Å². The number of benzene rings is 1. The minimum absolute atomic E-state index is 0.133. The zero-order valence-corrected chi connectivity index (χ0v) is 16.5. The number of hydrogen-bond donors (Lipinski definition) is 2. The van der Waals surface area contributed by atoms with Crippen LogP contribution < -0.4 is 10.1 Å². The van der Waals surface area contributed by atoms with Crippen LogP contribution >= 0.6 is 0 Å². The quantitative estimate of drug-likeness (QED) is 0.766. The maximum Gasteiger partial charge on any atom is 0.249 e. The Morgan fingerprint density at radius 1 is 1.19 bits per heavy atom. The maximum atomic E-state index is 12.2. The minimum atomic E-state index is -0.978. The topological polar surface area (TPSA) is 67.8 Å². The number of carbonyl (C=O) groups excluding carboxylic acids is 1. The third-order valence-electron chi connectivity index (χ3n) is 5.54. The summed E-state index contributed by atoms with van der Waals surface area (Å²) in [6.45, 7) is 4.86. The van der Waals surface area contributed by atoms with Gasteiger partial charge in [-0.15, -0.1) is 0 Å². The summed E-state index contributed by atoms with van der Waals surface area (Å²) in [6, 6.07) is 7.51. The lowest BCUT2D eigenvalue weighted by molar-refractivity contribution is -0.191. The highest BCUT2D eigenvalue weighted by Gasteiger charge is 2.35. The maximum absolute atomic E-state index is 12.2. The number of hydrogen-bond acceptors (Lipinski definition) is 4. The molecule has 3 rings (SSSR count). The van der Waals surface area contributed by atoms with Crippen molar-refractivity contribution in [2.24, 2.45) is 11.8 Å². The molecule has 2 aliphatic rings. The number of nitrogens with one attached hydrogen (secondary N) is 1. The number of aliphatic hydroxyl groups is 1. The van der Waals surface area contributed by atoms with E-state index in [4.69, 9.17) is 9.47 Å². The van der Waals surface area contributed by atoms with Gasteiger partial charge in [0.15, 0.2) is 6.29 Å². The second-order valence-corrected chi connectivity index (χ2v) is 8.42. The van der Waals surface area contributed by atoms with Crippen molar-refractivity contribution in [1.82, 2.24) is 5.32 Å². The highest BCUT2D eigenvalue weighted by molar-refractivity contribution is 5.81. The van der Waals surface area contributed by atoms with E-state index in [-0.39, 0.29) is 5.91 Å². The van der Waals surface area contributed by atoms with E-state index >= 15 is 0 Å². The molecule has 0 aromatic heterocycles. The van der Waals surface area contributed by atoms with E-state index in [1.807, 2.05) is 38.1 Å². The highest BCUT2D eigenvalue weighted by atomic mass is 16.6. The van der Waals surface area contributed by atoms with Gasteiger partial charge in [-0.1, -0.05) is 45.2 Å². The molecular weight excluding hydrogens is 342 g/mol. The Balaban J connectivity index is 1.48. The molecule has 0 radical (unpaired) electrons. The summed E-state index contributed by atoms with van der Waals surface area (Å²) in [5, 5.41) is 13.2. The lowest BCUT2D eigenvalue weighted by Crippen LogP contribution is -2.57. The van der Waals surface area contributed by atoms with E-state index in [9.17, 15) is 9.90 Å². The van der Waals surface area contributed by atoms with Crippen molar-refractivity contribution in [3.63, 3.8) is 0 Å². The standard InChI is InChI=1S/C22H33NO4/c1-15(2)12-20-21(24)23-19(22(25)27-20)13-16-8-10-18(11-9-16)26-14-17-6-4-3-5-7-17/h8-11,15,17,19-20,22,25H,3-7,12-14H2,1-2H3,(H,23,24)/t19-,20-,22?/m0/s1. The van der Waals surface area contributed by atoms with E-state index in [2.05, 4.69) is 5.32 Å². The Morgan fingerprint density at radius 3 is 2.56 bits per heavy atom. The SMILES string of the molecule is CC(C)C[C@@H]1OC(O)[C@H](Cc2ccc(OCC3CCCCC3)cc2)NC1=O. The zero-order valence-electron chi connectivity index (χ0n) is 16.5. The molecule has 1 amide bonds. The zero-order chi connectivity index (χ0) is 19.2.